The zero-order chi connectivity index (χ0) is 13.8. The molecule has 104 valence electrons. The Kier molecular flexibility index (Phi) is 5.35. The SMILES string of the molecule is Cc1nn(CCOC(C)C)cc1CNC(C)(C)C. The molecule has 0 spiro atoms. The minimum Gasteiger partial charge on any atom is -0.377 e. The predicted octanol–water partition coefficient (Wildman–Crippen LogP) is 2.50. The van der Waals surface area contributed by atoms with E-state index in [0.29, 0.717) is 6.61 Å². The van der Waals surface area contributed by atoms with Gasteiger partial charge >= 0.3 is 0 Å². The monoisotopic (exact) mass is 253 g/mol. The molecular weight excluding hydrogens is 226 g/mol. The van der Waals surface area contributed by atoms with Crippen molar-refractivity contribution in [1.29, 1.82) is 0 Å². The molecule has 4 nitrogen and oxygen atoms in total. The van der Waals surface area contributed by atoms with Gasteiger partial charge in [-0.05, 0) is 41.5 Å². The maximum Gasteiger partial charge on any atom is 0.0666 e. The molecule has 0 fully saturated rings. The maximum absolute atomic E-state index is 5.53. The molecule has 0 saturated heterocycles. The van der Waals surface area contributed by atoms with Gasteiger partial charge in [-0.15, -0.1) is 0 Å². The molecule has 0 aliphatic heterocycles. The van der Waals surface area contributed by atoms with Gasteiger partial charge in [0.15, 0.2) is 0 Å². The summed E-state index contributed by atoms with van der Waals surface area (Å²) < 4.78 is 7.50. The molecule has 0 saturated carbocycles. The van der Waals surface area contributed by atoms with Crippen LogP contribution in [0, 0.1) is 6.92 Å². The Hall–Kier alpha value is -0.870. The first-order valence-corrected chi connectivity index (χ1v) is 6.67. The summed E-state index contributed by atoms with van der Waals surface area (Å²) in [6.45, 7) is 15.1. The van der Waals surface area contributed by atoms with E-state index < -0.39 is 0 Å². The Bertz CT molecular complexity index is 364. The van der Waals surface area contributed by atoms with Gasteiger partial charge in [-0.2, -0.15) is 5.10 Å². The van der Waals surface area contributed by atoms with Crippen LogP contribution in [0.3, 0.4) is 0 Å². The standard InChI is InChI=1S/C14H27N3O/c1-11(2)18-8-7-17-10-13(12(3)16-17)9-15-14(4,5)6/h10-11,15H,7-9H2,1-6H3. The normalized spacial score (nSPS) is 12.4. The number of hydrogen-bond acceptors (Lipinski definition) is 3. The predicted molar refractivity (Wildman–Crippen MR) is 74.6 cm³/mol. The number of aryl methyl sites for hydroxylation is 1. The van der Waals surface area contributed by atoms with E-state index in [4.69, 9.17) is 4.74 Å². The summed E-state index contributed by atoms with van der Waals surface area (Å²) >= 11 is 0. The molecule has 1 rings (SSSR count). The highest BCUT2D eigenvalue weighted by molar-refractivity contribution is 5.15. The fraction of sp³-hybridized carbons (Fsp3) is 0.786. The number of nitrogens with one attached hydrogen (secondary N) is 1. The summed E-state index contributed by atoms with van der Waals surface area (Å²) in [5, 5.41) is 7.99. The number of ether oxygens (including phenoxy) is 1. The molecule has 18 heavy (non-hydrogen) atoms. The van der Waals surface area contributed by atoms with Crippen LogP contribution in [0.5, 0.6) is 0 Å². The van der Waals surface area contributed by atoms with Crippen molar-refractivity contribution in [3.8, 4) is 0 Å². The van der Waals surface area contributed by atoms with Crippen LogP contribution in [-0.4, -0.2) is 28.0 Å². The van der Waals surface area contributed by atoms with Gasteiger partial charge in [0, 0.05) is 23.8 Å². The van der Waals surface area contributed by atoms with Crippen molar-refractivity contribution in [2.75, 3.05) is 6.61 Å². The first kappa shape index (κ1) is 15.2. The summed E-state index contributed by atoms with van der Waals surface area (Å²) in [4.78, 5) is 0. The Labute approximate surface area is 111 Å². The highest BCUT2D eigenvalue weighted by Gasteiger charge is 2.11. The van der Waals surface area contributed by atoms with Gasteiger partial charge in [-0.1, -0.05) is 0 Å². The van der Waals surface area contributed by atoms with Crippen LogP contribution in [-0.2, 0) is 17.8 Å². The maximum atomic E-state index is 5.53. The largest absolute Gasteiger partial charge is 0.377 e. The Morgan fingerprint density at radius 1 is 1.39 bits per heavy atom. The molecule has 0 aromatic carbocycles. The first-order chi connectivity index (χ1) is 8.28. The van der Waals surface area contributed by atoms with E-state index in [1.807, 2.05) is 18.5 Å². The zero-order valence-electron chi connectivity index (χ0n) is 12.6. The fourth-order valence-corrected chi connectivity index (χ4v) is 1.59. The van der Waals surface area contributed by atoms with E-state index in [-0.39, 0.29) is 11.6 Å². The van der Waals surface area contributed by atoms with Crippen LogP contribution < -0.4 is 5.32 Å². The summed E-state index contributed by atoms with van der Waals surface area (Å²) in [6, 6.07) is 0. The van der Waals surface area contributed by atoms with Crippen LogP contribution in [0.1, 0.15) is 45.9 Å². The number of hydrogen-bond donors (Lipinski definition) is 1. The zero-order valence-corrected chi connectivity index (χ0v) is 12.6. The van der Waals surface area contributed by atoms with Crippen molar-refractivity contribution < 1.29 is 4.74 Å². The van der Waals surface area contributed by atoms with Crippen molar-refractivity contribution >= 4 is 0 Å². The van der Waals surface area contributed by atoms with E-state index in [0.717, 1.165) is 18.8 Å². The molecule has 0 aliphatic carbocycles. The molecule has 0 aliphatic rings. The van der Waals surface area contributed by atoms with Gasteiger partial charge in [0.25, 0.3) is 0 Å². The lowest BCUT2D eigenvalue weighted by Gasteiger charge is -2.20. The smallest absolute Gasteiger partial charge is 0.0666 e. The van der Waals surface area contributed by atoms with E-state index in [2.05, 4.69) is 44.3 Å². The van der Waals surface area contributed by atoms with E-state index in [1.54, 1.807) is 0 Å². The lowest BCUT2D eigenvalue weighted by atomic mass is 10.1. The summed E-state index contributed by atoms with van der Waals surface area (Å²) in [6.07, 6.45) is 2.39. The second-order valence-electron chi connectivity index (χ2n) is 6.03. The van der Waals surface area contributed by atoms with E-state index >= 15 is 0 Å². The summed E-state index contributed by atoms with van der Waals surface area (Å²) in [5.74, 6) is 0. The molecule has 0 unspecified atom stereocenters. The third-order valence-corrected chi connectivity index (χ3v) is 2.63. The molecule has 0 amide bonds. The number of rotatable bonds is 6. The van der Waals surface area contributed by atoms with Crippen molar-refractivity contribution in [2.45, 2.75) is 66.3 Å². The van der Waals surface area contributed by atoms with Crippen molar-refractivity contribution in [2.24, 2.45) is 0 Å². The van der Waals surface area contributed by atoms with Crippen LogP contribution >= 0.6 is 0 Å². The van der Waals surface area contributed by atoms with E-state index in [9.17, 15) is 0 Å². The molecule has 0 bridgehead atoms. The first-order valence-electron chi connectivity index (χ1n) is 6.67. The van der Waals surface area contributed by atoms with Gasteiger partial charge < -0.3 is 10.1 Å². The topological polar surface area (TPSA) is 39.1 Å². The van der Waals surface area contributed by atoms with Gasteiger partial charge in [-0.3, -0.25) is 4.68 Å². The van der Waals surface area contributed by atoms with Crippen molar-refractivity contribution in [3.05, 3.63) is 17.5 Å². The lowest BCUT2D eigenvalue weighted by Crippen LogP contribution is -2.35. The Balaban J connectivity index is 2.48. The Morgan fingerprint density at radius 3 is 2.61 bits per heavy atom. The van der Waals surface area contributed by atoms with Crippen molar-refractivity contribution in [1.82, 2.24) is 15.1 Å². The quantitative estimate of drug-likeness (QED) is 0.846. The Morgan fingerprint density at radius 2 is 2.06 bits per heavy atom. The summed E-state index contributed by atoms with van der Waals surface area (Å²) in [5.41, 5.74) is 2.49. The number of aromatic nitrogens is 2. The van der Waals surface area contributed by atoms with Crippen molar-refractivity contribution in [3.63, 3.8) is 0 Å². The molecule has 1 N–H and O–H groups in total. The average Bonchev–Trinajstić information content (AvgIpc) is 2.54. The second-order valence-corrected chi connectivity index (χ2v) is 6.03. The van der Waals surface area contributed by atoms with Gasteiger partial charge in [-0.25, -0.2) is 0 Å². The van der Waals surface area contributed by atoms with E-state index in [1.165, 1.54) is 5.56 Å². The molecule has 0 atom stereocenters. The van der Waals surface area contributed by atoms with Gasteiger partial charge in [0.2, 0.25) is 0 Å². The highest BCUT2D eigenvalue weighted by Crippen LogP contribution is 2.08. The minimum absolute atomic E-state index is 0.134. The minimum atomic E-state index is 0.134. The molecule has 1 aromatic rings. The summed E-state index contributed by atoms with van der Waals surface area (Å²) in [7, 11) is 0. The van der Waals surface area contributed by atoms with Crippen LogP contribution in [0.25, 0.3) is 0 Å². The third kappa shape index (κ3) is 5.65. The van der Waals surface area contributed by atoms with Crippen LogP contribution in [0.15, 0.2) is 6.20 Å². The highest BCUT2D eigenvalue weighted by atomic mass is 16.5. The van der Waals surface area contributed by atoms with Crippen LogP contribution in [0.2, 0.25) is 0 Å². The molecule has 4 heteroatoms. The van der Waals surface area contributed by atoms with Gasteiger partial charge in [0.05, 0.1) is 24.9 Å². The average molecular weight is 253 g/mol. The fourth-order valence-electron chi connectivity index (χ4n) is 1.59. The van der Waals surface area contributed by atoms with Crippen LogP contribution in [0.4, 0.5) is 0 Å². The third-order valence-electron chi connectivity index (χ3n) is 2.63. The second kappa shape index (κ2) is 6.34. The molecule has 0 radical (unpaired) electrons. The molecular formula is C14H27N3O. The van der Waals surface area contributed by atoms with Gasteiger partial charge in [0.1, 0.15) is 0 Å². The molecule has 1 aromatic heterocycles. The number of nitrogens with zero attached hydrogens (tertiary/aromatic N) is 2. The molecule has 1 heterocycles. The lowest BCUT2D eigenvalue weighted by molar-refractivity contribution is 0.0709.